The zero-order valence-corrected chi connectivity index (χ0v) is 16.0. The molecule has 5 heteroatoms. The lowest BCUT2D eigenvalue weighted by Crippen LogP contribution is -2.46. The standard InChI is InChI=1S/C23H25N5/c1-2-6-19(7-3-1)23-21-10-9-20(28(21)13-12-25-23)18-26-14-16-27(17-15-26)22-8-4-5-11-24-22/h1-11H,12-18H2. The van der Waals surface area contributed by atoms with Crippen LogP contribution in [0.15, 0.2) is 71.9 Å². The molecule has 1 fully saturated rings. The van der Waals surface area contributed by atoms with Crippen molar-refractivity contribution in [1.29, 1.82) is 0 Å². The first-order valence-corrected chi connectivity index (χ1v) is 10.1. The van der Waals surface area contributed by atoms with Crippen molar-refractivity contribution in [3.05, 3.63) is 83.8 Å². The van der Waals surface area contributed by atoms with Crippen LogP contribution in [0.2, 0.25) is 0 Å². The maximum absolute atomic E-state index is 4.81. The second-order valence-corrected chi connectivity index (χ2v) is 7.41. The Morgan fingerprint density at radius 1 is 0.786 bits per heavy atom. The molecule has 3 aromatic rings. The first kappa shape index (κ1) is 17.2. The molecule has 2 aromatic heterocycles. The summed E-state index contributed by atoms with van der Waals surface area (Å²) in [5, 5.41) is 0. The number of anilines is 1. The highest BCUT2D eigenvalue weighted by molar-refractivity contribution is 6.12. The fourth-order valence-corrected chi connectivity index (χ4v) is 4.20. The van der Waals surface area contributed by atoms with Gasteiger partial charge in [-0.15, -0.1) is 0 Å². The molecule has 0 aliphatic carbocycles. The molecule has 142 valence electrons. The van der Waals surface area contributed by atoms with Gasteiger partial charge in [-0.2, -0.15) is 0 Å². The molecule has 0 spiro atoms. The lowest BCUT2D eigenvalue weighted by molar-refractivity contribution is 0.243. The van der Waals surface area contributed by atoms with Gasteiger partial charge >= 0.3 is 0 Å². The average molecular weight is 371 g/mol. The number of rotatable bonds is 4. The van der Waals surface area contributed by atoms with Gasteiger partial charge in [0.2, 0.25) is 0 Å². The summed E-state index contributed by atoms with van der Waals surface area (Å²) in [6, 6.07) is 21.2. The van der Waals surface area contributed by atoms with Crippen LogP contribution in [0.4, 0.5) is 5.82 Å². The van der Waals surface area contributed by atoms with E-state index < -0.39 is 0 Å². The van der Waals surface area contributed by atoms with E-state index in [0.29, 0.717) is 0 Å². The van der Waals surface area contributed by atoms with Crippen molar-refractivity contribution in [2.24, 2.45) is 4.99 Å². The summed E-state index contributed by atoms with van der Waals surface area (Å²) < 4.78 is 2.46. The van der Waals surface area contributed by atoms with Crippen LogP contribution in [0.1, 0.15) is 17.0 Å². The Kier molecular flexibility index (Phi) is 4.67. The van der Waals surface area contributed by atoms with E-state index in [4.69, 9.17) is 4.99 Å². The third-order valence-corrected chi connectivity index (χ3v) is 5.69. The molecule has 1 aromatic carbocycles. The molecule has 0 unspecified atom stereocenters. The number of benzene rings is 1. The highest BCUT2D eigenvalue weighted by atomic mass is 15.3. The molecule has 28 heavy (non-hydrogen) atoms. The minimum atomic E-state index is 0.854. The van der Waals surface area contributed by atoms with Crippen LogP contribution in [0.3, 0.4) is 0 Å². The Morgan fingerprint density at radius 2 is 1.61 bits per heavy atom. The van der Waals surface area contributed by atoms with Crippen LogP contribution >= 0.6 is 0 Å². The summed E-state index contributed by atoms with van der Waals surface area (Å²) in [5.41, 5.74) is 4.97. The van der Waals surface area contributed by atoms with Gasteiger partial charge in [0.05, 0.1) is 18.0 Å². The number of piperazine rings is 1. The molecule has 4 heterocycles. The largest absolute Gasteiger partial charge is 0.354 e. The van der Waals surface area contributed by atoms with Gasteiger partial charge in [0.15, 0.2) is 0 Å². The first-order chi connectivity index (χ1) is 13.9. The van der Waals surface area contributed by atoms with Crippen molar-refractivity contribution in [1.82, 2.24) is 14.5 Å². The maximum atomic E-state index is 4.81. The molecule has 5 rings (SSSR count). The quantitative estimate of drug-likeness (QED) is 0.707. The van der Waals surface area contributed by atoms with E-state index in [1.54, 1.807) is 0 Å². The smallest absolute Gasteiger partial charge is 0.128 e. The zero-order valence-electron chi connectivity index (χ0n) is 16.0. The van der Waals surface area contributed by atoms with Crippen molar-refractivity contribution in [2.75, 3.05) is 37.6 Å². The molecule has 5 nitrogen and oxygen atoms in total. The van der Waals surface area contributed by atoms with Crippen LogP contribution < -0.4 is 4.90 Å². The lowest BCUT2D eigenvalue weighted by atomic mass is 10.1. The second-order valence-electron chi connectivity index (χ2n) is 7.41. The van der Waals surface area contributed by atoms with Gasteiger partial charge in [0.25, 0.3) is 0 Å². The third kappa shape index (κ3) is 3.34. The highest BCUT2D eigenvalue weighted by Gasteiger charge is 2.22. The van der Waals surface area contributed by atoms with E-state index in [9.17, 15) is 0 Å². The van der Waals surface area contributed by atoms with Crippen LogP contribution in [-0.2, 0) is 13.1 Å². The normalized spacial score (nSPS) is 17.3. The number of hydrogen-bond acceptors (Lipinski definition) is 4. The molecular formula is C23H25N5. The van der Waals surface area contributed by atoms with Crippen LogP contribution in [-0.4, -0.2) is 52.9 Å². The van der Waals surface area contributed by atoms with E-state index >= 15 is 0 Å². The third-order valence-electron chi connectivity index (χ3n) is 5.69. The van der Waals surface area contributed by atoms with Gasteiger partial charge in [0, 0.05) is 56.7 Å². The molecular weight excluding hydrogens is 346 g/mol. The Balaban J connectivity index is 1.28. The van der Waals surface area contributed by atoms with Crippen molar-refractivity contribution >= 4 is 11.5 Å². The van der Waals surface area contributed by atoms with E-state index in [1.165, 1.54) is 17.0 Å². The fraction of sp³-hybridized carbons (Fsp3) is 0.304. The topological polar surface area (TPSA) is 36.7 Å². The summed E-state index contributed by atoms with van der Waals surface area (Å²) in [6.45, 7) is 7.02. The van der Waals surface area contributed by atoms with Crippen molar-refractivity contribution in [3.8, 4) is 0 Å². The molecule has 0 atom stereocenters. The molecule has 1 saturated heterocycles. The predicted molar refractivity (Wildman–Crippen MR) is 113 cm³/mol. The second kappa shape index (κ2) is 7.60. The first-order valence-electron chi connectivity index (χ1n) is 10.1. The molecule has 2 aliphatic rings. The number of fused-ring (bicyclic) bond motifs is 1. The molecule has 0 N–H and O–H groups in total. The molecule has 0 bridgehead atoms. The number of nitrogens with zero attached hydrogens (tertiary/aromatic N) is 5. The fourth-order valence-electron chi connectivity index (χ4n) is 4.20. The van der Waals surface area contributed by atoms with E-state index in [1.807, 2.05) is 12.3 Å². The van der Waals surface area contributed by atoms with Gasteiger partial charge in [-0.1, -0.05) is 36.4 Å². The van der Waals surface area contributed by atoms with E-state index in [0.717, 1.165) is 57.3 Å². The highest BCUT2D eigenvalue weighted by Crippen LogP contribution is 2.21. The monoisotopic (exact) mass is 371 g/mol. The van der Waals surface area contributed by atoms with Crippen molar-refractivity contribution in [3.63, 3.8) is 0 Å². The average Bonchev–Trinajstić information content (AvgIpc) is 3.18. The predicted octanol–water partition coefficient (Wildman–Crippen LogP) is 3.06. The van der Waals surface area contributed by atoms with Crippen molar-refractivity contribution in [2.45, 2.75) is 13.1 Å². The Morgan fingerprint density at radius 3 is 2.39 bits per heavy atom. The van der Waals surface area contributed by atoms with Gasteiger partial charge in [-0.05, 0) is 24.3 Å². The van der Waals surface area contributed by atoms with Crippen LogP contribution in [0.5, 0.6) is 0 Å². The lowest BCUT2D eigenvalue weighted by Gasteiger charge is -2.35. The summed E-state index contributed by atoms with van der Waals surface area (Å²) >= 11 is 0. The number of pyridine rings is 1. The number of hydrogen-bond donors (Lipinski definition) is 0. The summed E-state index contributed by atoms with van der Waals surface area (Å²) in [6.07, 6.45) is 1.88. The maximum Gasteiger partial charge on any atom is 0.128 e. The molecule has 0 saturated carbocycles. The van der Waals surface area contributed by atoms with Crippen LogP contribution in [0.25, 0.3) is 0 Å². The van der Waals surface area contributed by atoms with Crippen molar-refractivity contribution < 1.29 is 0 Å². The molecule has 2 aliphatic heterocycles. The Labute approximate surface area is 166 Å². The van der Waals surface area contributed by atoms with Crippen LogP contribution in [0, 0.1) is 0 Å². The van der Waals surface area contributed by atoms with E-state index in [-0.39, 0.29) is 0 Å². The molecule has 0 amide bonds. The van der Waals surface area contributed by atoms with Gasteiger partial charge in [0.1, 0.15) is 5.82 Å². The summed E-state index contributed by atoms with van der Waals surface area (Å²) in [4.78, 5) is 14.2. The Bertz CT molecular complexity index is 953. The summed E-state index contributed by atoms with van der Waals surface area (Å²) in [5.74, 6) is 1.09. The van der Waals surface area contributed by atoms with Gasteiger partial charge in [-0.25, -0.2) is 4.98 Å². The SMILES string of the molecule is c1ccc(C2=NCCn3c(CN4CCN(c5ccccn5)CC4)ccc32)cc1. The number of aliphatic imine (C=N–C) groups is 1. The minimum absolute atomic E-state index is 0.854. The Hall–Kier alpha value is -2.92. The number of aromatic nitrogens is 2. The van der Waals surface area contributed by atoms with E-state index in [2.05, 4.69) is 73.9 Å². The zero-order chi connectivity index (χ0) is 18.8. The van der Waals surface area contributed by atoms with Gasteiger partial charge in [-0.3, -0.25) is 9.89 Å². The van der Waals surface area contributed by atoms with Gasteiger partial charge < -0.3 is 9.47 Å². The molecule has 0 radical (unpaired) electrons. The summed E-state index contributed by atoms with van der Waals surface area (Å²) in [7, 11) is 0. The minimum Gasteiger partial charge on any atom is -0.354 e.